The van der Waals surface area contributed by atoms with Gasteiger partial charge in [0.15, 0.2) is 0 Å². The van der Waals surface area contributed by atoms with Crippen molar-refractivity contribution >= 4 is 46.6 Å². The molecule has 3 aromatic rings. The second kappa shape index (κ2) is 8.34. The molecule has 0 fully saturated rings. The monoisotopic (exact) mass is 438 g/mol. The third-order valence-corrected chi connectivity index (χ3v) is 5.82. The lowest BCUT2D eigenvalue weighted by Gasteiger charge is -2.15. The molecule has 1 heterocycles. The van der Waals surface area contributed by atoms with Gasteiger partial charge >= 0.3 is 0 Å². The first kappa shape index (κ1) is 20.2. The number of hydrogen-bond donors (Lipinski definition) is 1. The van der Waals surface area contributed by atoms with Gasteiger partial charge in [-0.25, -0.2) is 9.29 Å². The molecule has 3 aromatic carbocycles. The summed E-state index contributed by atoms with van der Waals surface area (Å²) in [7, 11) is 0. The summed E-state index contributed by atoms with van der Waals surface area (Å²) in [5, 5.41) is 3.62. The van der Waals surface area contributed by atoms with Crippen molar-refractivity contribution in [2.45, 2.75) is 11.8 Å². The van der Waals surface area contributed by atoms with E-state index >= 15 is 0 Å². The molecule has 30 heavy (non-hydrogen) atoms. The third kappa shape index (κ3) is 4.10. The number of halogens is 2. The van der Waals surface area contributed by atoms with Crippen molar-refractivity contribution < 1.29 is 14.0 Å². The van der Waals surface area contributed by atoms with Gasteiger partial charge in [0, 0.05) is 15.6 Å². The van der Waals surface area contributed by atoms with Crippen LogP contribution in [0.3, 0.4) is 0 Å². The number of carbonyl (C=O) groups is 2. The Morgan fingerprint density at radius 3 is 2.13 bits per heavy atom. The Morgan fingerprint density at radius 1 is 0.867 bits per heavy atom. The molecule has 1 N–H and O–H groups in total. The number of carbonyl (C=O) groups excluding carboxylic acids is 2. The molecule has 1 aliphatic heterocycles. The minimum Gasteiger partial charge on any atom is -0.350 e. The zero-order valence-electron chi connectivity index (χ0n) is 15.9. The Balaban J connectivity index is 1.73. The van der Waals surface area contributed by atoms with E-state index in [0.29, 0.717) is 16.4 Å². The molecule has 0 atom stereocenters. The topological polar surface area (TPSA) is 49.4 Å². The van der Waals surface area contributed by atoms with Crippen LogP contribution in [0.25, 0.3) is 0 Å². The highest BCUT2D eigenvalue weighted by Gasteiger charge is 2.40. The van der Waals surface area contributed by atoms with Crippen molar-refractivity contribution in [1.82, 2.24) is 0 Å². The van der Waals surface area contributed by atoms with Gasteiger partial charge in [0.2, 0.25) is 0 Å². The normalized spacial score (nSPS) is 13.9. The summed E-state index contributed by atoms with van der Waals surface area (Å²) in [5.74, 6) is -1.41. The molecule has 0 saturated heterocycles. The lowest BCUT2D eigenvalue weighted by atomic mass is 10.2. The van der Waals surface area contributed by atoms with Gasteiger partial charge in [-0.05, 0) is 67.6 Å². The first-order chi connectivity index (χ1) is 14.4. The maximum Gasteiger partial charge on any atom is 0.283 e. The molecule has 7 heteroatoms. The lowest BCUT2D eigenvalue weighted by molar-refractivity contribution is -0.120. The van der Waals surface area contributed by atoms with Gasteiger partial charge < -0.3 is 5.32 Å². The average Bonchev–Trinajstić information content (AvgIpc) is 2.96. The molecular weight excluding hydrogens is 423 g/mol. The van der Waals surface area contributed by atoms with Crippen LogP contribution in [0, 0.1) is 12.7 Å². The number of rotatable bonds is 5. The Labute approximate surface area is 182 Å². The minimum absolute atomic E-state index is 0.164. The summed E-state index contributed by atoms with van der Waals surface area (Å²) >= 11 is 7.15. The Morgan fingerprint density at radius 2 is 1.50 bits per heavy atom. The predicted molar refractivity (Wildman–Crippen MR) is 118 cm³/mol. The van der Waals surface area contributed by atoms with Gasteiger partial charge in [0.25, 0.3) is 11.8 Å². The van der Waals surface area contributed by atoms with Crippen LogP contribution < -0.4 is 10.2 Å². The van der Waals surface area contributed by atoms with Crippen molar-refractivity contribution in [2.75, 3.05) is 10.2 Å². The molecule has 0 radical (unpaired) electrons. The molecule has 1 aliphatic rings. The SMILES string of the molecule is Cc1ccc(SC2=C(Nc3ccc(Cl)cc3)C(=O)N(c3ccc(F)cc3)C2=O)cc1. The van der Waals surface area contributed by atoms with Crippen molar-refractivity contribution in [3.8, 4) is 0 Å². The molecule has 0 bridgehead atoms. The van der Waals surface area contributed by atoms with Gasteiger partial charge in [-0.2, -0.15) is 0 Å². The highest BCUT2D eigenvalue weighted by molar-refractivity contribution is 8.04. The highest BCUT2D eigenvalue weighted by atomic mass is 35.5. The molecule has 0 aromatic heterocycles. The summed E-state index contributed by atoms with van der Waals surface area (Å²) < 4.78 is 13.3. The molecule has 0 unspecified atom stereocenters. The largest absolute Gasteiger partial charge is 0.350 e. The van der Waals surface area contributed by atoms with Crippen LogP contribution in [0.4, 0.5) is 15.8 Å². The van der Waals surface area contributed by atoms with E-state index < -0.39 is 17.6 Å². The molecule has 4 nitrogen and oxygen atoms in total. The van der Waals surface area contributed by atoms with E-state index in [1.807, 2.05) is 31.2 Å². The molecule has 0 aliphatic carbocycles. The Hall–Kier alpha value is -3.09. The van der Waals surface area contributed by atoms with E-state index in [4.69, 9.17) is 11.6 Å². The van der Waals surface area contributed by atoms with Crippen LogP contribution in [-0.2, 0) is 9.59 Å². The number of benzene rings is 3. The fourth-order valence-electron chi connectivity index (χ4n) is 2.94. The van der Waals surface area contributed by atoms with E-state index in [2.05, 4.69) is 5.32 Å². The minimum atomic E-state index is -0.504. The smallest absolute Gasteiger partial charge is 0.283 e. The summed E-state index contributed by atoms with van der Waals surface area (Å²) in [6, 6.07) is 19.7. The number of nitrogens with zero attached hydrogens (tertiary/aromatic N) is 1. The van der Waals surface area contributed by atoms with Crippen LogP contribution in [0.5, 0.6) is 0 Å². The van der Waals surface area contributed by atoms with Crippen LogP contribution in [0.2, 0.25) is 5.02 Å². The lowest BCUT2D eigenvalue weighted by Crippen LogP contribution is -2.32. The molecule has 0 saturated carbocycles. The maximum atomic E-state index is 13.3. The predicted octanol–water partition coefficient (Wildman–Crippen LogP) is 5.78. The quantitative estimate of drug-likeness (QED) is 0.513. The number of anilines is 2. The summed E-state index contributed by atoms with van der Waals surface area (Å²) in [5.41, 5.74) is 2.19. The first-order valence-electron chi connectivity index (χ1n) is 9.08. The summed E-state index contributed by atoms with van der Waals surface area (Å²) in [6.07, 6.45) is 0. The maximum absolute atomic E-state index is 13.3. The van der Waals surface area contributed by atoms with Crippen LogP contribution >= 0.6 is 23.4 Å². The van der Waals surface area contributed by atoms with Gasteiger partial charge in [-0.1, -0.05) is 41.1 Å². The Bertz CT molecular complexity index is 1070. The molecule has 4 rings (SSSR count). The van der Waals surface area contributed by atoms with Gasteiger partial charge in [-0.15, -0.1) is 0 Å². The van der Waals surface area contributed by atoms with E-state index in [1.54, 1.807) is 24.3 Å². The first-order valence-corrected chi connectivity index (χ1v) is 10.3. The zero-order chi connectivity index (χ0) is 21.3. The fourth-order valence-corrected chi connectivity index (χ4v) is 3.99. The molecule has 2 amide bonds. The number of nitrogens with one attached hydrogen (secondary N) is 1. The second-order valence-electron chi connectivity index (χ2n) is 6.67. The summed E-state index contributed by atoms with van der Waals surface area (Å²) in [4.78, 5) is 28.5. The van der Waals surface area contributed by atoms with Gasteiger partial charge in [0.1, 0.15) is 16.4 Å². The van der Waals surface area contributed by atoms with Crippen molar-refractivity contribution in [3.05, 3.63) is 99.8 Å². The van der Waals surface area contributed by atoms with Crippen LogP contribution in [0.15, 0.2) is 88.3 Å². The molecular formula is C23H16ClFN2O2S. The number of amides is 2. The van der Waals surface area contributed by atoms with E-state index in [-0.39, 0.29) is 10.6 Å². The standard InChI is InChI=1S/C23H16ClFN2O2S/c1-14-2-12-19(13-3-14)30-21-20(26-17-8-4-15(24)5-9-17)22(28)27(23(21)29)18-10-6-16(25)7-11-18/h2-13,26H,1H3. The van der Waals surface area contributed by atoms with E-state index in [1.165, 1.54) is 36.0 Å². The Kier molecular flexibility index (Phi) is 5.61. The van der Waals surface area contributed by atoms with E-state index in [0.717, 1.165) is 15.4 Å². The van der Waals surface area contributed by atoms with Crippen molar-refractivity contribution in [1.29, 1.82) is 0 Å². The zero-order valence-corrected chi connectivity index (χ0v) is 17.4. The number of hydrogen-bond acceptors (Lipinski definition) is 4. The third-order valence-electron chi connectivity index (χ3n) is 4.48. The second-order valence-corrected chi connectivity index (χ2v) is 8.19. The summed E-state index contributed by atoms with van der Waals surface area (Å²) in [6.45, 7) is 1.97. The van der Waals surface area contributed by atoms with Gasteiger partial charge in [0.05, 0.1) is 5.69 Å². The van der Waals surface area contributed by atoms with Crippen molar-refractivity contribution in [3.63, 3.8) is 0 Å². The highest BCUT2D eigenvalue weighted by Crippen LogP contribution is 2.38. The van der Waals surface area contributed by atoms with Crippen LogP contribution in [0.1, 0.15) is 5.56 Å². The number of aryl methyl sites for hydroxylation is 1. The molecule has 150 valence electrons. The average molecular weight is 439 g/mol. The molecule has 0 spiro atoms. The van der Waals surface area contributed by atoms with Crippen LogP contribution in [-0.4, -0.2) is 11.8 Å². The van der Waals surface area contributed by atoms with E-state index in [9.17, 15) is 14.0 Å². The number of thioether (sulfide) groups is 1. The van der Waals surface area contributed by atoms with Crippen molar-refractivity contribution in [2.24, 2.45) is 0 Å². The van der Waals surface area contributed by atoms with Gasteiger partial charge in [-0.3, -0.25) is 9.59 Å². The fraction of sp³-hybridized carbons (Fsp3) is 0.0435. The number of imide groups is 1.